The molecule has 0 aliphatic carbocycles. The topological polar surface area (TPSA) is 70.4 Å². The lowest BCUT2D eigenvalue weighted by Gasteiger charge is -2.31. The second-order valence-corrected chi connectivity index (χ2v) is 7.03. The number of nitrogens with one attached hydrogen (secondary N) is 2. The standard InChI is InChI=1S/C21H32F3N7/c1-5-19-29-28-15-31(19)13-12-26-20(25-4)27-14-18(30(6-2)7-3)16-8-10-17(11-9-16)21(22,23)24/h8-11,15,18H,5-7,12-14H2,1-4H3,(H2,25,26,27). The smallest absolute Gasteiger partial charge is 0.355 e. The van der Waals surface area contributed by atoms with Gasteiger partial charge in [-0.3, -0.25) is 9.89 Å². The molecular weight excluding hydrogens is 407 g/mol. The third-order valence-electron chi connectivity index (χ3n) is 5.22. The molecule has 0 aliphatic heterocycles. The van der Waals surface area contributed by atoms with E-state index in [1.807, 2.05) is 25.3 Å². The number of halogens is 3. The molecule has 1 unspecified atom stereocenters. The number of aromatic nitrogens is 3. The minimum atomic E-state index is -4.34. The fraction of sp³-hybridized carbons (Fsp3) is 0.571. The predicted octanol–water partition coefficient (Wildman–Crippen LogP) is 3.11. The molecule has 0 saturated carbocycles. The van der Waals surface area contributed by atoms with E-state index in [1.54, 1.807) is 25.5 Å². The molecule has 0 saturated heterocycles. The number of hydrogen-bond acceptors (Lipinski definition) is 4. The zero-order valence-electron chi connectivity index (χ0n) is 18.6. The van der Waals surface area contributed by atoms with Gasteiger partial charge in [-0.15, -0.1) is 10.2 Å². The summed E-state index contributed by atoms with van der Waals surface area (Å²) in [5.74, 6) is 1.56. The molecule has 0 amide bonds. The van der Waals surface area contributed by atoms with E-state index in [0.717, 1.165) is 43.0 Å². The maximum Gasteiger partial charge on any atom is 0.416 e. The van der Waals surface area contributed by atoms with Crippen LogP contribution in [-0.2, 0) is 19.1 Å². The van der Waals surface area contributed by atoms with Crippen LogP contribution >= 0.6 is 0 Å². The summed E-state index contributed by atoms with van der Waals surface area (Å²) in [6, 6.07) is 5.32. The molecule has 172 valence electrons. The number of alkyl halides is 3. The number of likely N-dealkylation sites (N-methyl/N-ethyl adjacent to an activating group) is 1. The Morgan fingerprint density at radius 1 is 1.13 bits per heavy atom. The molecule has 1 aromatic carbocycles. The number of aliphatic imine (C=N–C) groups is 1. The molecule has 10 heteroatoms. The number of hydrogen-bond donors (Lipinski definition) is 2. The highest BCUT2D eigenvalue weighted by molar-refractivity contribution is 5.79. The fourth-order valence-corrected chi connectivity index (χ4v) is 3.46. The van der Waals surface area contributed by atoms with Crippen LogP contribution in [0.4, 0.5) is 13.2 Å². The van der Waals surface area contributed by atoms with Gasteiger partial charge in [-0.05, 0) is 30.8 Å². The van der Waals surface area contributed by atoms with Crippen molar-refractivity contribution in [2.75, 3.05) is 33.2 Å². The minimum absolute atomic E-state index is 0.0830. The van der Waals surface area contributed by atoms with Gasteiger partial charge in [-0.2, -0.15) is 13.2 Å². The molecule has 2 aromatic rings. The van der Waals surface area contributed by atoms with Gasteiger partial charge in [-0.25, -0.2) is 0 Å². The number of nitrogens with zero attached hydrogens (tertiary/aromatic N) is 5. The van der Waals surface area contributed by atoms with Crippen molar-refractivity contribution < 1.29 is 13.2 Å². The monoisotopic (exact) mass is 439 g/mol. The second-order valence-electron chi connectivity index (χ2n) is 7.03. The highest BCUT2D eigenvalue weighted by Gasteiger charge is 2.30. The van der Waals surface area contributed by atoms with Crippen molar-refractivity contribution in [1.29, 1.82) is 0 Å². The highest BCUT2D eigenvalue weighted by atomic mass is 19.4. The Kier molecular flexibility index (Phi) is 9.29. The normalized spacial score (nSPS) is 13.5. The van der Waals surface area contributed by atoms with Gasteiger partial charge in [0.05, 0.1) is 11.6 Å². The van der Waals surface area contributed by atoms with E-state index in [-0.39, 0.29) is 6.04 Å². The summed E-state index contributed by atoms with van der Waals surface area (Å²) < 4.78 is 40.8. The summed E-state index contributed by atoms with van der Waals surface area (Å²) in [7, 11) is 1.69. The van der Waals surface area contributed by atoms with Crippen molar-refractivity contribution in [2.45, 2.75) is 46.0 Å². The first kappa shape index (κ1) is 24.6. The van der Waals surface area contributed by atoms with Crippen molar-refractivity contribution >= 4 is 5.96 Å². The highest BCUT2D eigenvalue weighted by Crippen LogP contribution is 2.30. The molecule has 2 N–H and O–H groups in total. The lowest BCUT2D eigenvalue weighted by atomic mass is 10.0. The molecule has 0 aliphatic rings. The zero-order chi connectivity index (χ0) is 22.9. The van der Waals surface area contributed by atoms with Crippen LogP contribution in [0.25, 0.3) is 0 Å². The van der Waals surface area contributed by atoms with Gasteiger partial charge in [0.15, 0.2) is 5.96 Å². The van der Waals surface area contributed by atoms with E-state index in [4.69, 9.17) is 0 Å². The molecule has 0 fully saturated rings. The summed E-state index contributed by atoms with van der Waals surface area (Å²) in [6.07, 6.45) is -1.82. The van der Waals surface area contributed by atoms with E-state index in [9.17, 15) is 13.2 Å². The van der Waals surface area contributed by atoms with Crippen LogP contribution in [0, 0.1) is 0 Å². The molecule has 2 rings (SSSR count). The Hall–Kier alpha value is -2.62. The van der Waals surface area contributed by atoms with Gasteiger partial charge in [-0.1, -0.05) is 32.9 Å². The fourth-order valence-electron chi connectivity index (χ4n) is 3.46. The molecular formula is C21H32F3N7. The number of benzene rings is 1. The van der Waals surface area contributed by atoms with E-state index in [0.29, 0.717) is 25.6 Å². The van der Waals surface area contributed by atoms with Gasteiger partial charge < -0.3 is 15.2 Å². The SMILES string of the molecule is CCc1nncn1CCNC(=NC)NCC(c1ccc(C(F)(F)F)cc1)N(CC)CC. The third kappa shape index (κ3) is 6.95. The van der Waals surface area contributed by atoms with E-state index in [2.05, 4.69) is 30.7 Å². The lowest BCUT2D eigenvalue weighted by Crippen LogP contribution is -2.44. The Morgan fingerprint density at radius 3 is 2.35 bits per heavy atom. The van der Waals surface area contributed by atoms with Crippen LogP contribution in [0.2, 0.25) is 0 Å². The van der Waals surface area contributed by atoms with Crippen molar-refractivity contribution in [3.63, 3.8) is 0 Å². The average molecular weight is 440 g/mol. The molecule has 7 nitrogen and oxygen atoms in total. The Bertz CT molecular complexity index is 811. The van der Waals surface area contributed by atoms with Crippen LogP contribution in [0.5, 0.6) is 0 Å². The van der Waals surface area contributed by atoms with E-state index in [1.165, 1.54) is 0 Å². The van der Waals surface area contributed by atoms with Gasteiger partial charge in [0, 0.05) is 33.1 Å². The molecule has 1 aromatic heterocycles. The van der Waals surface area contributed by atoms with E-state index < -0.39 is 11.7 Å². The zero-order valence-corrected chi connectivity index (χ0v) is 18.6. The van der Waals surface area contributed by atoms with Gasteiger partial charge >= 0.3 is 6.18 Å². The number of aryl methyl sites for hydroxylation is 1. The largest absolute Gasteiger partial charge is 0.416 e. The summed E-state index contributed by atoms with van der Waals surface area (Å²) in [6.45, 7) is 9.53. The average Bonchev–Trinajstić information content (AvgIpc) is 3.22. The predicted molar refractivity (Wildman–Crippen MR) is 116 cm³/mol. The molecule has 0 radical (unpaired) electrons. The lowest BCUT2D eigenvalue weighted by molar-refractivity contribution is -0.137. The Labute approximate surface area is 181 Å². The van der Waals surface area contributed by atoms with Crippen LogP contribution < -0.4 is 10.6 Å². The molecule has 31 heavy (non-hydrogen) atoms. The van der Waals surface area contributed by atoms with Gasteiger partial charge in [0.25, 0.3) is 0 Å². The molecule has 1 atom stereocenters. The van der Waals surface area contributed by atoms with Crippen LogP contribution in [0.3, 0.4) is 0 Å². The first-order valence-corrected chi connectivity index (χ1v) is 10.6. The van der Waals surface area contributed by atoms with Crippen molar-refractivity contribution in [1.82, 2.24) is 30.3 Å². The van der Waals surface area contributed by atoms with E-state index >= 15 is 0 Å². The maximum atomic E-state index is 12.9. The summed E-state index contributed by atoms with van der Waals surface area (Å²) in [5.41, 5.74) is 0.192. The summed E-state index contributed by atoms with van der Waals surface area (Å²) in [4.78, 5) is 6.46. The van der Waals surface area contributed by atoms with Crippen molar-refractivity contribution in [3.05, 3.63) is 47.5 Å². The molecule has 0 bridgehead atoms. The van der Waals surface area contributed by atoms with Gasteiger partial charge in [0.1, 0.15) is 12.2 Å². The first-order valence-electron chi connectivity index (χ1n) is 10.6. The first-order chi connectivity index (χ1) is 14.8. The van der Waals surface area contributed by atoms with Crippen LogP contribution in [0.1, 0.15) is 43.8 Å². The quantitative estimate of drug-likeness (QED) is 0.440. The Morgan fingerprint density at radius 2 is 1.81 bits per heavy atom. The molecule has 1 heterocycles. The maximum absolute atomic E-state index is 12.9. The molecule has 0 spiro atoms. The van der Waals surface area contributed by atoms with Crippen molar-refractivity contribution in [3.8, 4) is 0 Å². The van der Waals surface area contributed by atoms with Crippen molar-refractivity contribution in [2.24, 2.45) is 4.99 Å². The van der Waals surface area contributed by atoms with Crippen LogP contribution in [-0.4, -0.2) is 58.9 Å². The number of rotatable bonds is 10. The van der Waals surface area contributed by atoms with Crippen LogP contribution in [0.15, 0.2) is 35.6 Å². The Balaban J connectivity index is 2.01. The number of guanidine groups is 1. The summed E-state index contributed by atoms with van der Waals surface area (Å²) >= 11 is 0. The van der Waals surface area contributed by atoms with Gasteiger partial charge in [0.2, 0.25) is 0 Å². The second kappa shape index (κ2) is 11.7. The third-order valence-corrected chi connectivity index (χ3v) is 5.22. The summed E-state index contributed by atoms with van der Waals surface area (Å²) in [5, 5.41) is 14.6. The minimum Gasteiger partial charge on any atom is -0.355 e.